The summed E-state index contributed by atoms with van der Waals surface area (Å²) in [5, 5.41) is 0. The van der Waals surface area contributed by atoms with Gasteiger partial charge in [-0.25, -0.2) is 0 Å². The number of hydrogen-bond donors (Lipinski definition) is 0. The van der Waals surface area contributed by atoms with E-state index < -0.39 is 5.92 Å². The van der Waals surface area contributed by atoms with Crippen molar-refractivity contribution in [2.24, 2.45) is 0 Å². The molecular formula is C12H12O4. The number of ether oxygens (including phenoxy) is 3. The number of fused-ring (bicyclic) bond motifs is 1. The molecule has 0 fully saturated rings. The number of carbonyl (C=O) groups excluding carboxylic acids is 1. The highest BCUT2D eigenvalue weighted by Gasteiger charge is 2.31. The first kappa shape index (κ1) is 10.5. The number of methoxy groups -OCH3 is 2. The van der Waals surface area contributed by atoms with Crippen LogP contribution in [-0.2, 0) is 14.3 Å². The Hall–Kier alpha value is -1.97. The second-order valence-electron chi connectivity index (χ2n) is 3.31. The molecule has 0 amide bonds. The van der Waals surface area contributed by atoms with E-state index in [1.807, 2.05) is 18.2 Å². The van der Waals surface area contributed by atoms with Crippen molar-refractivity contribution < 1.29 is 19.0 Å². The molecule has 4 heteroatoms. The van der Waals surface area contributed by atoms with Gasteiger partial charge >= 0.3 is 5.95 Å². The minimum absolute atomic E-state index is 0.235. The molecule has 2 rings (SSSR count). The maximum atomic E-state index is 11.1. The molecule has 0 aromatic heterocycles. The zero-order chi connectivity index (χ0) is 11.5. The predicted molar refractivity (Wildman–Crippen MR) is 56.9 cm³/mol. The quantitative estimate of drug-likeness (QED) is 0.729. The van der Waals surface area contributed by atoms with Crippen LogP contribution in [0.15, 0.2) is 36.0 Å². The summed E-state index contributed by atoms with van der Waals surface area (Å²) in [6.45, 7) is 0. The standard InChI is InChI=1S/C12H12O4/c1-14-11-9(7-13)8-5-3-4-6-10(8)16-12(11)15-2/h3-7,9H,1-2H3. The van der Waals surface area contributed by atoms with E-state index in [9.17, 15) is 4.79 Å². The van der Waals surface area contributed by atoms with Crippen molar-refractivity contribution in [2.75, 3.05) is 14.2 Å². The van der Waals surface area contributed by atoms with E-state index in [1.165, 1.54) is 14.2 Å². The van der Waals surface area contributed by atoms with Crippen LogP contribution < -0.4 is 4.74 Å². The highest BCUT2D eigenvalue weighted by atomic mass is 16.7. The minimum atomic E-state index is -0.468. The Bertz CT molecular complexity index is 436. The molecule has 4 nitrogen and oxygen atoms in total. The van der Waals surface area contributed by atoms with E-state index in [4.69, 9.17) is 14.2 Å². The average Bonchev–Trinajstić information content (AvgIpc) is 2.36. The Labute approximate surface area is 93.4 Å². The van der Waals surface area contributed by atoms with Crippen LogP contribution in [0.2, 0.25) is 0 Å². The van der Waals surface area contributed by atoms with Gasteiger partial charge in [0.2, 0.25) is 0 Å². The molecule has 1 atom stereocenters. The van der Waals surface area contributed by atoms with E-state index in [0.29, 0.717) is 11.5 Å². The van der Waals surface area contributed by atoms with Gasteiger partial charge in [0.1, 0.15) is 18.0 Å². The molecular weight excluding hydrogens is 208 g/mol. The van der Waals surface area contributed by atoms with Gasteiger partial charge in [-0.3, -0.25) is 0 Å². The van der Waals surface area contributed by atoms with Crippen LogP contribution in [0.5, 0.6) is 5.75 Å². The predicted octanol–water partition coefficient (Wildman–Crippen LogP) is 1.82. The monoisotopic (exact) mass is 220 g/mol. The van der Waals surface area contributed by atoms with Crippen molar-refractivity contribution in [1.29, 1.82) is 0 Å². The Morgan fingerprint density at radius 2 is 2.00 bits per heavy atom. The van der Waals surface area contributed by atoms with E-state index in [2.05, 4.69) is 0 Å². The molecule has 0 aliphatic carbocycles. The van der Waals surface area contributed by atoms with E-state index in [1.54, 1.807) is 6.07 Å². The maximum Gasteiger partial charge on any atom is 0.325 e. The Morgan fingerprint density at radius 1 is 1.25 bits per heavy atom. The Balaban J connectivity index is 2.53. The zero-order valence-corrected chi connectivity index (χ0v) is 9.10. The van der Waals surface area contributed by atoms with Crippen molar-refractivity contribution in [3.8, 4) is 5.75 Å². The SMILES string of the molecule is COC1=C(OC)C(C=O)c2ccccc2O1. The molecule has 0 saturated carbocycles. The van der Waals surface area contributed by atoms with Crippen LogP contribution in [0.3, 0.4) is 0 Å². The van der Waals surface area contributed by atoms with E-state index in [-0.39, 0.29) is 5.95 Å². The molecule has 1 heterocycles. The molecule has 1 aliphatic rings. The molecule has 84 valence electrons. The number of carbonyl (C=O) groups is 1. The number of aldehydes is 1. The Kier molecular flexibility index (Phi) is 2.81. The molecule has 0 spiro atoms. The van der Waals surface area contributed by atoms with Crippen molar-refractivity contribution in [3.63, 3.8) is 0 Å². The van der Waals surface area contributed by atoms with Gasteiger partial charge in [-0.15, -0.1) is 0 Å². The van der Waals surface area contributed by atoms with Gasteiger partial charge < -0.3 is 19.0 Å². The van der Waals surface area contributed by atoms with Gasteiger partial charge in [-0.05, 0) is 6.07 Å². The second-order valence-corrected chi connectivity index (χ2v) is 3.31. The lowest BCUT2D eigenvalue weighted by Gasteiger charge is -2.24. The maximum absolute atomic E-state index is 11.1. The van der Waals surface area contributed by atoms with Crippen molar-refractivity contribution in [3.05, 3.63) is 41.5 Å². The fourth-order valence-electron chi connectivity index (χ4n) is 1.74. The normalized spacial score (nSPS) is 18.5. The number of rotatable bonds is 3. The summed E-state index contributed by atoms with van der Waals surface area (Å²) in [4.78, 5) is 11.1. The molecule has 1 aromatic rings. The fraction of sp³-hybridized carbons (Fsp3) is 0.250. The summed E-state index contributed by atoms with van der Waals surface area (Å²) in [5.41, 5.74) is 0.787. The molecule has 0 radical (unpaired) electrons. The third-order valence-electron chi connectivity index (χ3n) is 2.48. The van der Waals surface area contributed by atoms with Gasteiger partial charge in [0, 0.05) is 5.56 Å². The number of allylic oxidation sites excluding steroid dienone is 1. The van der Waals surface area contributed by atoms with Crippen LogP contribution in [0.25, 0.3) is 0 Å². The second kappa shape index (κ2) is 4.26. The van der Waals surface area contributed by atoms with Gasteiger partial charge in [0.25, 0.3) is 0 Å². The molecule has 1 unspecified atom stereocenters. The third-order valence-corrected chi connectivity index (χ3v) is 2.48. The lowest BCUT2D eigenvalue weighted by Crippen LogP contribution is -2.18. The molecule has 0 saturated heterocycles. The summed E-state index contributed by atoms with van der Waals surface area (Å²) in [6, 6.07) is 7.31. The third kappa shape index (κ3) is 1.52. The largest absolute Gasteiger partial charge is 0.493 e. The van der Waals surface area contributed by atoms with Crippen LogP contribution in [0, 0.1) is 0 Å². The first-order valence-electron chi connectivity index (χ1n) is 4.86. The zero-order valence-electron chi connectivity index (χ0n) is 9.10. The first-order chi connectivity index (χ1) is 7.81. The van der Waals surface area contributed by atoms with Crippen LogP contribution in [0.4, 0.5) is 0 Å². The summed E-state index contributed by atoms with van der Waals surface area (Å²) >= 11 is 0. The smallest absolute Gasteiger partial charge is 0.325 e. The van der Waals surface area contributed by atoms with Crippen molar-refractivity contribution in [1.82, 2.24) is 0 Å². The average molecular weight is 220 g/mol. The molecule has 0 bridgehead atoms. The summed E-state index contributed by atoms with van der Waals surface area (Å²) in [5.74, 6) is 0.789. The van der Waals surface area contributed by atoms with Gasteiger partial charge in [-0.2, -0.15) is 0 Å². The lowest BCUT2D eigenvalue weighted by atomic mass is 9.96. The van der Waals surface area contributed by atoms with Crippen LogP contribution >= 0.6 is 0 Å². The summed E-state index contributed by atoms with van der Waals surface area (Å²) < 4.78 is 15.7. The van der Waals surface area contributed by atoms with Crippen molar-refractivity contribution >= 4 is 6.29 Å². The van der Waals surface area contributed by atoms with E-state index >= 15 is 0 Å². The first-order valence-corrected chi connectivity index (χ1v) is 4.86. The number of hydrogen-bond acceptors (Lipinski definition) is 4. The van der Waals surface area contributed by atoms with Gasteiger partial charge in [-0.1, -0.05) is 18.2 Å². The summed E-state index contributed by atoms with van der Waals surface area (Å²) in [7, 11) is 2.96. The molecule has 1 aromatic carbocycles. The van der Waals surface area contributed by atoms with E-state index in [0.717, 1.165) is 11.8 Å². The Morgan fingerprint density at radius 3 is 2.62 bits per heavy atom. The molecule has 1 aliphatic heterocycles. The van der Waals surface area contributed by atoms with Crippen LogP contribution in [-0.4, -0.2) is 20.5 Å². The fourth-order valence-corrected chi connectivity index (χ4v) is 1.74. The lowest BCUT2D eigenvalue weighted by molar-refractivity contribution is -0.109. The summed E-state index contributed by atoms with van der Waals surface area (Å²) in [6.07, 6.45) is 0.819. The van der Waals surface area contributed by atoms with Crippen LogP contribution in [0.1, 0.15) is 11.5 Å². The number of para-hydroxylation sites is 1. The number of benzene rings is 1. The van der Waals surface area contributed by atoms with Crippen molar-refractivity contribution in [2.45, 2.75) is 5.92 Å². The van der Waals surface area contributed by atoms with Gasteiger partial charge in [0.05, 0.1) is 14.2 Å². The molecule has 16 heavy (non-hydrogen) atoms. The highest BCUT2D eigenvalue weighted by Crippen LogP contribution is 2.38. The van der Waals surface area contributed by atoms with Gasteiger partial charge in [0.15, 0.2) is 5.76 Å². The highest BCUT2D eigenvalue weighted by molar-refractivity contribution is 5.70. The minimum Gasteiger partial charge on any atom is -0.493 e. The topological polar surface area (TPSA) is 44.8 Å². The molecule has 0 N–H and O–H groups in total.